The van der Waals surface area contributed by atoms with Gasteiger partial charge in [-0.25, -0.2) is 0 Å². The fourth-order valence-electron chi connectivity index (χ4n) is 1.42. The molecule has 1 fully saturated rings. The molecule has 0 saturated carbocycles. The van der Waals surface area contributed by atoms with E-state index >= 15 is 0 Å². The number of nitrogens with two attached hydrogens (primary N) is 1. The van der Waals surface area contributed by atoms with Crippen molar-refractivity contribution in [1.82, 2.24) is 5.32 Å². The van der Waals surface area contributed by atoms with Gasteiger partial charge >= 0.3 is 9.53 Å². The molecule has 0 aliphatic carbocycles. The maximum Gasteiger partial charge on any atom is 0.483 e. The van der Waals surface area contributed by atoms with Crippen LogP contribution in [0.2, 0.25) is 0 Å². The highest BCUT2D eigenvalue weighted by Gasteiger charge is 2.28. The van der Waals surface area contributed by atoms with Gasteiger partial charge in [-0.15, -0.1) is 0 Å². The fourth-order valence-corrected chi connectivity index (χ4v) is 2.00. The van der Waals surface area contributed by atoms with Crippen LogP contribution in [0.25, 0.3) is 0 Å². The van der Waals surface area contributed by atoms with Crippen molar-refractivity contribution in [2.75, 3.05) is 27.9 Å². The van der Waals surface area contributed by atoms with Crippen molar-refractivity contribution in [1.29, 1.82) is 0 Å². The molecule has 0 amide bonds. The van der Waals surface area contributed by atoms with Gasteiger partial charge in [0.1, 0.15) is 0 Å². The van der Waals surface area contributed by atoms with Crippen LogP contribution in [0.4, 0.5) is 0 Å². The molecule has 3 unspecified atom stereocenters. The van der Waals surface area contributed by atoms with Crippen LogP contribution < -0.4 is 11.1 Å². The van der Waals surface area contributed by atoms with Gasteiger partial charge in [0, 0.05) is 45.9 Å². The second-order valence-corrected chi connectivity index (χ2v) is 5.71. The van der Waals surface area contributed by atoms with Gasteiger partial charge in [-0.3, -0.25) is 0 Å². The van der Waals surface area contributed by atoms with E-state index in [9.17, 15) is 0 Å². The summed E-state index contributed by atoms with van der Waals surface area (Å²) in [5.74, 6) is 0.718. The highest BCUT2D eigenvalue weighted by Crippen LogP contribution is 2.14. The van der Waals surface area contributed by atoms with Gasteiger partial charge in [-0.1, -0.05) is 0 Å². The van der Waals surface area contributed by atoms with Crippen LogP contribution >= 0.6 is 0 Å². The van der Waals surface area contributed by atoms with E-state index in [0.717, 1.165) is 12.5 Å². The molecule has 1 saturated heterocycles. The van der Waals surface area contributed by atoms with Crippen molar-refractivity contribution in [3.63, 3.8) is 0 Å². The normalized spacial score (nSPS) is 26.6. The quantitative estimate of drug-likeness (QED) is 0.649. The zero-order valence-electron chi connectivity index (χ0n) is 10.3. The topological polar surface area (TPSA) is 65.7 Å². The maximum absolute atomic E-state index is 5.65. The molecule has 3 N–H and O–H groups in total. The number of nitrogens with one attached hydrogen (secondary N) is 1. The average molecular weight is 236 g/mol. The third-order valence-electron chi connectivity index (χ3n) is 2.57. The molecule has 6 heteroatoms. The Morgan fingerprint density at radius 2 is 1.73 bits per heavy atom. The van der Waals surface area contributed by atoms with E-state index in [0.29, 0.717) is 12.1 Å². The zero-order chi connectivity index (χ0) is 11.8. The first-order chi connectivity index (χ1) is 7.06. The minimum absolute atomic E-state index is 0.367. The lowest BCUT2D eigenvalue weighted by Gasteiger charge is -2.38. The molecule has 0 spiro atoms. The molecule has 5 nitrogen and oxygen atoms in total. The standard InChI is InChI=1S/C6H14N2.C3H10O3Si/c1-4(7)6-3-8-5(6)2;1-4-7(5-2)6-3/h4-6,8H,3,7H2,1-2H3;7H,1-3H3. The van der Waals surface area contributed by atoms with Gasteiger partial charge in [0.25, 0.3) is 0 Å². The number of hydrogen-bond donors (Lipinski definition) is 2. The summed E-state index contributed by atoms with van der Waals surface area (Å²) in [6, 6.07) is 1.02. The van der Waals surface area contributed by atoms with Gasteiger partial charge < -0.3 is 24.3 Å². The third-order valence-corrected chi connectivity index (χ3v) is 3.73. The Hall–Kier alpha value is 0.0169. The predicted octanol–water partition coefficient (Wildman–Crippen LogP) is -0.416. The summed E-state index contributed by atoms with van der Waals surface area (Å²) in [5.41, 5.74) is 5.65. The van der Waals surface area contributed by atoms with Gasteiger partial charge in [0.15, 0.2) is 0 Å². The lowest BCUT2D eigenvalue weighted by atomic mass is 9.87. The van der Waals surface area contributed by atoms with E-state index in [-0.39, 0.29) is 0 Å². The smallest absolute Gasteiger partial charge is 0.379 e. The summed E-state index contributed by atoms with van der Waals surface area (Å²) in [7, 11) is 3.05. The summed E-state index contributed by atoms with van der Waals surface area (Å²) < 4.78 is 14.2. The zero-order valence-corrected chi connectivity index (χ0v) is 11.5. The molecule has 1 aliphatic heterocycles. The lowest BCUT2D eigenvalue weighted by Crippen LogP contribution is -2.57. The van der Waals surface area contributed by atoms with Crippen LogP contribution in [-0.2, 0) is 13.3 Å². The minimum atomic E-state index is -1.67. The molecule has 3 atom stereocenters. The Kier molecular flexibility index (Phi) is 8.21. The summed E-state index contributed by atoms with van der Waals surface area (Å²) in [5, 5.41) is 3.26. The molecule has 0 aromatic carbocycles. The van der Waals surface area contributed by atoms with Gasteiger partial charge in [-0.2, -0.15) is 0 Å². The molecular weight excluding hydrogens is 212 g/mol. The Labute approximate surface area is 94.2 Å². The van der Waals surface area contributed by atoms with Crippen LogP contribution in [0.15, 0.2) is 0 Å². The van der Waals surface area contributed by atoms with E-state index in [1.807, 2.05) is 0 Å². The molecule has 92 valence electrons. The van der Waals surface area contributed by atoms with Crippen molar-refractivity contribution in [3.05, 3.63) is 0 Å². The van der Waals surface area contributed by atoms with Crippen LogP contribution in [0.3, 0.4) is 0 Å². The molecule has 1 rings (SSSR count). The Balaban J connectivity index is 0.000000265. The van der Waals surface area contributed by atoms with Gasteiger partial charge in [0.05, 0.1) is 0 Å². The highest BCUT2D eigenvalue weighted by molar-refractivity contribution is 6.36. The molecule has 0 aromatic heterocycles. The first-order valence-electron chi connectivity index (χ1n) is 5.14. The molecular formula is C9H24N2O3Si. The van der Waals surface area contributed by atoms with Crippen LogP contribution in [-0.4, -0.2) is 49.5 Å². The fraction of sp³-hybridized carbons (Fsp3) is 1.00. The molecule has 0 bridgehead atoms. The second-order valence-electron chi connectivity index (χ2n) is 3.72. The molecule has 1 heterocycles. The molecule has 0 aromatic rings. The van der Waals surface area contributed by atoms with E-state index in [1.165, 1.54) is 0 Å². The molecule has 0 radical (unpaired) electrons. The Morgan fingerprint density at radius 3 is 1.73 bits per heavy atom. The summed E-state index contributed by atoms with van der Waals surface area (Å²) in [4.78, 5) is 0. The molecule has 1 aliphatic rings. The van der Waals surface area contributed by atoms with E-state index < -0.39 is 9.53 Å². The third kappa shape index (κ3) is 5.60. The molecule has 15 heavy (non-hydrogen) atoms. The van der Waals surface area contributed by atoms with E-state index in [4.69, 9.17) is 19.0 Å². The maximum atomic E-state index is 5.65. The van der Waals surface area contributed by atoms with Gasteiger partial charge in [0.2, 0.25) is 0 Å². The number of rotatable bonds is 4. The average Bonchev–Trinajstić information content (AvgIpc) is 2.18. The Morgan fingerprint density at radius 1 is 1.27 bits per heavy atom. The highest BCUT2D eigenvalue weighted by atomic mass is 28.3. The van der Waals surface area contributed by atoms with Crippen molar-refractivity contribution in [2.45, 2.75) is 25.9 Å². The first kappa shape index (κ1) is 15.0. The summed E-state index contributed by atoms with van der Waals surface area (Å²) >= 11 is 0. The van der Waals surface area contributed by atoms with E-state index in [1.54, 1.807) is 21.3 Å². The first-order valence-corrected chi connectivity index (χ1v) is 6.55. The van der Waals surface area contributed by atoms with Crippen LogP contribution in [0.1, 0.15) is 13.8 Å². The van der Waals surface area contributed by atoms with Crippen molar-refractivity contribution < 1.29 is 13.3 Å². The minimum Gasteiger partial charge on any atom is -0.379 e. The van der Waals surface area contributed by atoms with Crippen molar-refractivity contribution >= 4 is 9.53 Å². The largest absolute Gasteiger partial charge is 0.483 e. The number of hydrogen-bond acceptors (Lipinski definition) is 5. The SMILES string of the molecule is CC(N)C1CNC1C.CO[SiH](OC)OC. The summed E-state index contributed by atoms with van der Waals surface area (Å²) in [6.45, 7) is 5.36. The van der Waals surface area contributed by atoms with Crippen LogP contribution in [0, 0.1) is 5.92 Å². The summed E-state index contributed by atoms with van der Waals surface area (Å²) in [6.07, 6.45) is 0. The monoisotopic (exact) mass is 236 g/mol. The second kappa shape index (κ2) is 8.20. The van der Waals surface area contributed by atoms with Crippen molar-refractivity contribution in [2.24, 2.45) is 11.7 Å². The van der Waals surface area contributed by atoms with Gasteiger partial charge in [-0.05, 0) is 13.8 Å². The Bertz CT molecular complexity index is 146. The van der Waals surface area contributed by atoms with Crippen LogP contribution in [0.5, 0.6) is 0 Å². The van der Waals surface area contributed by atoms with Crippen molar-refractivity contribution in [3.8, 4) is 0 Å². The predicted molar refractivity (Wildman–Crippen MR) is 62.8 cm³/mol. The van der Waals surface area contributed by atoms with E-state index in [2.05, 4.69) is 19.2 Å². The lowest BCUT2D eigenvalue weighted by molar-refractivity contribution is 0.163.